The van der Waals surface area contributed by atoms with E-state index in [4.69, 9.17) is 11.6 Å². The van der Waals surface area contributed by atoms with Crippen LogP contribution in [0.15, 0.2) is 59.5 Å². The van der Waals surface area contributed by atoms with E-state index in [9.17, 15) is 4.79 Å². The van der Waals surface area contributed by atoms with Gasteiger partial charge in [0.15, 0.2) is 0 Å². The second-order valence-corrected chi connectivity index (χ2v) is 8.00. The van der Waals surface area contributed by atoms with Gasteiger partial charge in [0.2, 0.25) is 5.91 Å². The van der Waals surface area contributed by atoms with Crippen molar-refractivity contribution in [3.05, 3.63) is 65.2 Å². The summed E-state index contributed by atoms with van der Waals surface area (Å²) in [6.45, 7) is 2.62. The normalized spacial score (nSPS) is 11.9. The van der Waals surface area contributed by atoms with E-state index in [1.165, 1.54) is 5.56 Å². The second kappa shape index (κ2) is 9.91. The highest BCUT2D eigenvalue weighted by molar-refractivity contribution is 8.00. The van der Waals surface area contributed by atoms with Gasteiger partial charge in [-0.25, -0.2) is 0 Å². The second-order valence-electron chi connectivity index (χ2n) is 5.05. The number of halogens is 1. The number of thioether (sulfide) groups is 2. The van der Waals surface area contributed by atoms with Crippen LogP contribution in [0, 0.1) is 0 Å². The zero-order chi connectivity index (χ0) is 16.5. The molecule has 0 saturated heterocycles. The van der Waals surface area contributed by atoms with Crippen molar-refractivity contribution in [1.29, 1.82) is 0 Å². The molecule has 2 rings (SSSR count). The lowest BCUT2D eigenvalue weighted by molar-refractivity contribution is -0.120. The molecule has 0 fully saturated rings. The minimum absolute atomic E-state index is 0.0854. The largest absolute Gasteiger partial charge is 0.354 e. The first-order chi connectivity index (χ1) is 11.1. The van der Waals surface area contributed by atoms with E-state index in [-0.39, 0.29) is 11.2 Å². The van der Waals surface area contributed by atoms with Crippen LogP contribution in [0.25, 0.3) is 0 Å². The summed E-state index contributed by atoms with van der Waals surface area (Å²) < 4.78 is 0. The van der Waals surface area contributed by atoms with Crippen molar-refractivity contribution in [2.75, 3.05) is 12.3 Å². The molecule has 0 aliphatic carbocycles. The standard InChI is InChI=1S/C18H20ClNOS2/c1-14(23-17-8-3-2-4-9-17)18(21)20-10-11-22-13-15-6-5-7-16(19)12-15/h2-9,12,14H,10-11,13H2,1H3,(H,20,21)/t14-/m0/s1. The number of benzene rings is 2. The zero-order valence-corrected chi connectivity index (χ0v) is 15.4. The van der Waals surface area contributed by atoms with Crippen LogP contribution in [0.2, 0.25) is 5.02 Å². The van der Waals surface area contributed by atoms with Gasteiger partial charge in [-0.3, -0.25) is 4.79 Å². The number of hydrogen-bond donors (Lipinski definition) is 1. The maximum absolute atomic E-state index is 12.1. The Bertz CT molecular complexity index is 621. The van der Waals surface area contributed by atoms with Crippen molar-refractivity contribution in [3.8, 4) is 0 Å². The van der Waals surface area contributed by atoms with Gasteiger partial charge < -0.3 is 5.32 Å². The fourth-order valence-corrected chi connectivity index (χ4v) is 3.90. The van der Waals surface area contributed by atoms with E-state index >= 15 is 0 Å². The molecule has 5 heteroatoms. The lowest BCUT2D eigenvalue weighted by Gasteiger charge is -2.12. The summed E-state index contributed by atoms with van der Waals surface area (Å²) in [6, 6.07) is 17.9. The first-order valence-corrected chi connectivity index (χ1v) is 9.88. The van der Waals surface area contributed by atoms with E-state index < -0.39 is 0 Å². The van der Waals surface area contributed by atoms with E-state index in [0.29, 0.717) is 6.54 Å². The number of carbonyl (C=O) groups excluding carboxylic acids is 1. The summed E-state index contributed by atoms with van der Waals surface area (Å²) in [5, 5.41) is 3.67. The molecule has 0 heterocycles. The van der Waals surface area contributed by atoms with E-state index in [1.54, 1.807) is 23.5 Å². The monoisotopic (exact) mass is 365 g/mol. The summed E-state index contributed by atoms with van der Waals surface area (Å²) in [4.78, 5) is 13.2. The minimum atomic E-state index is -0.0877. The van der Waals surface area contributed by atoms with Gasteiger partial charge in [-0.1, -0.05) is 41.9 Å². The van der Waals surface area contributed by atoms with Crippen LogP contribution in [0.4, 0.5) is 0 Å². The number of amides is 1. The topological polar surface area (TPSA) is 29.1 Å². The predicted octanol–water partition coefficient (Wildman–Crippen LogP) is 4.87. The highest BCUT2D eigenvalue weighted by Gasteiger charge is 2.13. The Balaban J connectivity index is 1.62. The van der Waals surface area contributed by atoms with Crippen molar-refractivity contribution >= 4 is 41.0 Å². The molecular formula is C18H20ClNOS2. The lowest BCUT2D eigenvalue weighted by Crippen LogP contribution is -2.32. The SMILES string of the molecule is C[C@H](Sc1ccccc1)C(=O)NCCSCc1cccc(Cl)c1. The zero-order valence-electron chi connectivity index (χ0n) is 13.0. The molecule has 0 aliphatic heterocycles. The van der Waals surface area contributed by atoms with Gasteiger partial charge in [-0.2, -0.15) is 11.8 Å². The third-order valence-electron chi connectivity index (χ3n) is 3.13. The van der Waals surface area contributed by atoms with Gasteiger partial charge in [0.1, 0.15) is 0 Å². The molecule has 122 valence electrons. The van der Waals surface area contributed by atoms with Gasteiger partial charge in [0, 0.05) is 28.0 Å². The average Bonchev–Trinajstić information content (AvgIpc) is 2.55. The Labute approximate surface area is 151 Å². The van der Waals surface area contributed by atoms with Crippen molar-refractivity contribution in [3.63, 3.8) is 0 Å². The quantitative estimate of drug-likeness (QED) is 0.534. The number of hydrogen-bond acceptors (Lipinski definition) is 3. The first kappa shape index (κ1) is 18.2. The Morgan fingerprint density at radius 1 is 1.17 bits per heavy atom. The molecule has 1 atom stereocenters. The predicted molar refractivity (Wildman–Crippen MR) is 102 cm³/mol. The maximum atomic E-state index is 12.1. The number of nitrogens with one attached hydrogen (secondary N) is 1. The van der Waals surface area contributed by atoms with Crippen molar-refractivity contribution in [2.45, 2.75) is 22.8 Å². The van der Waals surface area contributed by atoms with Crippen LogP contribution in [0.1, 0.15) is 12.5 Å². The summed E-state index contributed by atoms with van der Waals surface area (Å²) >= 11 is 9.33. The molecule has 0 bridgehead atoms. The summed E-state index contributed by atoms with van der Waals surface area (Å²) in [7, 11) is 0. The van der Waals surface area contributed by atoms with Crippen molar-refractivity contribution in [1.82, 2.24) is 5.32 Å². The minimum Gasteiger partial charge on any atom is -0.354 e. The Morgan fingerprint density at radius 3 is 2.70 bits per heavy atom. The van der Waals surface area contributed by atoms with Gasteiger partial charge in [-0.05, 0) is 36.8 Å². The smallest absolute Gasteiger partial charge is 0.233 e. The molecule has 0 aromatic heterocycles. The maximum Gasteiger partial charge on any atom is 0.233 e. The van der Waals surface area contributed by atoms with Crippen LogP contribution < -0.4 is 5.32 Å². The highest BCUT2D eigenvalue weighted by Crippen LogP contribution is 2.22. The molecule has 1 amide bonds. The summed E-state index contributed by atoms with van der Waals surface area (Å²) in [6.07, 6.45) is 0. The molecule has 23 heavy (non-hydrogen) atoms. The lowest BCUT2D eigenvalue weighted by atomic mass is 10.2. The van der Waals surface area contributed by atoms with Crippen LogP contribution in [-0.4, -0.2) is 23.5 Å². The van der Waals surface area contributed by atoms with E-state index in [1.807, 2.05) is 55.5 Å². The van der Waals surface area contributed by atoms with Crippen molar-refractivity contribution < 1.29 is 4.79 Å². The molecule has 0 radical (unpaired) electrons. The molecule has 2 nitrogen and oxygen atoms in total. The number of carbonyl (C=O) groups is 1. The molecule has 1 N–H and O–H groups in total. The average molecular weight is 366 g/mol. The number of rotatable bonds is 8. The molecule has 0 saturated carbocycles. The van der Waals surface area contributed by atoms with Crippen LogP contribution in [0.5, 0.6) is 0 Å². The van der Waals surface area contributed by atoms with Gasteiger partial charge in [0.05, 0.1) is 5.25 Å². The Hall–Kier alpha value is -1.10. The Morgan fingerprint density at radius 2 is 1.96 bits per heavy atom. The van der Waals surface area contributed by atoms with Crippen molar-refractivity contribution in [2.24, 2.45) is 0 Å². The molecule has 0 unspecified atom stereocenters. The van der Waals surface area contributed by atoms with Gasteiger partial charge >= 0.3 is 0 Å². The van der Waals surface area contributed by atoms with E-state index in [0.717, 1.165) is 21.4 Å². The third-order valence-corrected chi connectivity index (χ3v) is 5.51. The summed E-state index contributed by atoms with van der Waals surface area (Å²) in [5.41, 5.74) is 1.21. The van der Waals surface area contributed by atoms with Crippen LogP contribution in [0.3, 0.4) is 0 Å². The van der Waals surface area contributed by atoms with Crippen LogP contribution >= 0.6 is 35.1 Å². The molecule has 2 aromatic rings. The summed E-state index contributed by atoms with van der Waals surface area (Å²) in [5.74, 6) is 1.88. The fourth-order valence-electron chi connectivity index (χ4n) is 1.96. The van der Waals surface area contributed by atoms with E-state index in [2.05, 4.69) is 11.4 Å². The third kappa shape index (κ3) is 6.90. The van der Waals surface area contributed by atoms with Gasteiger partial charge in [-0.15, -0.1) is 11.8 Å². The molecule has 0 aliphatic rings. The Kier molecular flexibility index (Phi) is 7.86. The highest BCUT2D eigenvalue weighted by atomic mass is 35.5. The molecular weight excluding hydrogens is 346 g/mol. The van der Waals surface area contributed by atoms with Gasteiger partial charge in [0.25, 0.3) is 0 Å². The first-order valence-electron chi connectivity index (χ1n) is 7.47. The molecule has 2 aromatic carbocycles. The van der Waals surface area contributed by atoms with Crippen LogP contribution in [-0.2, 0) is 10.5 Å². The molecule has 0 spiro atoms. The fraction of sp³-hybridized carbons (Fsp3) is 0.278.